The summed E-state index contributed by atoms with van der Waals surface area (Å²) in [6.07, 6.45) is 0. The van der Waals surface area contributed by atoms with E-state index in [4.69, 9.17) is 5.73 Å². The molecule has 21 heavy (non-hydrogen) atoms. The van der Waals surface area contributed by atoms with Crippen LogP contribution in [0.25, 0.3) is 0 Å². The van der Waals surface area contributed by atoms with Crippen LogP contribution in [0, 0.1) is 5.92 Å². The van der Waals surface area contributed by atoms with Crippen LogP contribution in [0.3, 0.4) is 0 Å². The van der Waals surface area contributed by atoms with Gasteiger partial charge in [-0.3, -0.25) is 0 Å². The van der Waals surface area contributed by atoms with Crippen molar-refractivity contribution in [2.24, 2.45) is 11.7 Å². The molecule has 0 aliphatic heterocycles. The van der Waals surface area contributed by atoms with Gasteiger partial charge in [-0.05, 0) is 25.0 Å². The predicted molar refractivity (Wildman–Crippen MR) is 86.5 cm³/mol. The Hall–Kier alpha value is -0.950. The molecular weight excluding hydrogens is 286 g/mol. The molecule has 1 aromatic rings. The van der Waals surface area contributed by atoms with Crippen LogP contribution < -0.4 is 11.1 Å². The van der Waals surface area contributed by atoms with Crippen molar-refractivity contribution in [3.05, 3.63) is 30.3 Å². The maximum absolute atomic E-state index is 12.5. The molecule has 0 fully saturated rings. The van der Waals surface area contributed by atoms with Gasteiger partial charge in [0.25, 0.3) is 0 Å². The maximum Gasteiger partial charge on any atom is 0.243 e. The van der Waals surface area contributed by atoms with Crippen molar-refractivity contribution >= 4 is 10.0 Å². The fraction of sp³-hybridized carbons (Fsp3) is 0.600. The smallest absolute Gasteiger partial charge is 0.243 e. The molecule has 0 amide bonds. The van der Waals surface area contributed by atoms with Crippen molar-refractivity contribution in [1.82, 2.24) is 9.62 Å². The maximum atomic E-state index is 12.5. The van der Waals surface area contributed by atoms with E-state index in [1.165, 1.54) is 4.31 Å². The summed E-state index contributed by atoms with van der Waals surface area (Å²) in [7, 11) is -1.84. The molecule has 0 aliphatic carbocycles. The lowest BCUT2D eigenvalue weighted by Gasteiger charge is -2.28. The van der Waals surface area contributed by atoms with E-state index in [2.05, 4.69) is 19.2 Å². The standard InChI is InChI=1S/C15H27N3O2S/c1-12(2)15(10-16)17-11-13(3)18(4)21(19,20)14-8-6-5-7-9-14/h5-9,12-13,15,17H,10-11,16H2,1-4H3/t13-,15-/m1/s1. The van der Waals surface area contributed by atoms with E-state index in [-0.39, 0.29) is 12.1 Å². The van der Waals surface area contributed by atoms with Gasteiger partial charge in [-0.15, -0.1) is 0 Å². The third kappa shape index (κ3) is 4.78. The number of benzene rings is 1. The minimum atomic E-state index is -3.45. The highest BCUT2D eigenvalue weighted by atomic mass is 32.2. The van der Waals surface area contributed by atoms with E-state index < -0.39 is 10.0 Å². The van der Waals surface area contributed by atoms with Gasteiger partial charge in [-0.2, -0.15) is 4.31 Å². The molecule has 0 aromatic heterocycles. The fourth-order valence-electron chi connectivity index (χ4n) is 2.04. The van der Waals surface area contributed by atoms with E-state index in [1.807, 2.05) is 6.92 Å². The van der Waals surface area contributed by atoms with Crippen LogP contribution >= 0.6 is 0 Å². The van der Waals surface area contributed by atoms with Gasteiger partial charge in [0, 0.05) is 32.2 Å². The number of sulfonamides is 1. The first-order valence-electron chi connectivity index (χ1n) is 7.27. The lowest BCUT2D eigenvalue weighted by molar-refractivity contribution is 0.331. The van der Waals surface area contributed by atoms with Gasteiger partial charge in [-0.25, -0.2) is 8.42 Å². The Morgan fingerprint density at radius 3 is 2.24 bits per heavy atom. The normalized spacial score (nSPS) is 15.4. The second-order valence-corrected chi connectivity index (χ2v) is 7.68. The molecule has 6 heteroatoms. The Morgan fingerprint density at radius 2 is 1.76 bits per heavy atom. The van der Waals surface area contributed by atoms with Crippen LogP contribution in [0.1, 0.15) is 20.8 Å². The van der Waals surface area contributed by atoms with Gasteiger partial charge in [0.05, 0.1) is 4.90 Å². The summed E-state index contributed by atoms with van der Waals surface area (Å²) >= 11 is 0. The van der Waals surface area contributed by atoms with E-state index in [0.717, 1.165) is 0 Å². The van der Waals surface area contributed by atoms with Crippen LogP contribution in [-0.4, -0.2) is 44.9 Å². The minimum absolute atomic E-state index is 0.150. The summed E-state index contributed by atoms with van der Waals surface area (Å²) in [6.45, 7) is 7.20. The molecule has 1 rings (SSSR count). The number of hydrogen-bond donors (Lipinski definition) is 2. The quantitative estimate of drug-likeness (QED) is 0.758. The summed E-state index contributed by atoms with van der Waals surface area (Å²) in [5.74, 6) is 0.415. The highest BCUT2D eigenvalue weighted by Crippen LogP contribution is 2.15. The van der Waals surface area contributed by atoms with E-state index in [9.17, 15) is 8.42 Å². The Labute approximate surface area is 128 Å². The highest BCUT2D eigenvalue weighted by Gasteiger charge is 2.25. The molecule has 0 radical (unpaired) electrons. The molecule has 3 N–H and O–H groups in total. The molecule has 2 atom stereocenters. The Morgan fingerprint density at radius 1 is 1.19 bits per heavy atom. The zero-order valence-electron chi connectivity index (χ0n) is 13.3. The molecule has 0 bridgehead atoms. The summed E-state index contributed by atoms with van der Waals surface area (Å²) in [5.41, 5.74) is 5.72. The summed E-state index contributed by atoms with van der Waals surface area (Å²) in [5, 5.41) is 3.34. The first-order valence-corrected chi connectivity index (χ1v) is 8.71. The van der Waals surface area contributed by atoms with Crippen molar-refractivity contribution in [1.29, 1.82) is 0 Å². The van der Waals surface area contributed by atoms with Crippen LogP contribution in [0.15, 0.2) is 35.2 Å². The Bertz CT molecular complexity index is 517. The van der Waals surface area contributed by atoms with Crippen LogP contribution in [0.5, 0.6) is 0 Å². The summed E-state index contributed by atoms with van der Waals surface area (Å²) in [6, 6.07) is 8.53. The zero-order valence-corrected chi connectivity index (χ0v) is 14.1. The van der Waals surface area contributed by atoms with Crippen molar-refractivity contribution in [2.45, 2.75) is 37.8 Å². The lowest BCUT2D eigenvalue weighted by atomic mass is 10.0. The summed E-state index contributed by atoms with van der Waals surface area (Å²) in [4.78, 5) is 0.318. The molecule has 5 nitrogen and oxygen atoms in total. The zero-order chi connectivity index (χ0) is 16.0. The number of hydrogen-bond acceptors (Lipinski definition) is 4. The van der Waals surface area contributed by atoms with Gasteiger partial charge in [0.2, 0.25) is 10.0 Å². The first kappa shape index (κ1) is 18.1. The molecule has 1 aromatic carbocycles. The largest absolute Gasteiger partial charge is 0.329 e. The lowest BCUT2D eigenvalue weighted by Crippen LogP contribution is -2.47. The number of rotatable bonds is 8. The molecule has 120 valence electrons. The molecule has 0 heterocycles. The molecule has 0 saturated carbocycles. The van der Waals surface area contributed by atoms with Crippen molar-refractivity contribution < 1.29 is 8.42 Å². The Kier molecular flexibility index (Phi) is 6.80. The molecule has 0 spiro atoms. The van der Waals surface area contributed by atoms with Crippen LogP contribution in [-0.2, 0) is 10.0 Å². The second-order valence-electron chi connectivity index (χ2n) is 5.68. The molecule has 0 unspecified atom stereocenters. The second kappa shape index (κ2) is 7.89. The molecule has 0 saturated heterocycles. The number of nitrogens with zero attached hydrogens (tertiary/aromatic N) is 1. The monoisotopic (exact) mass is 313 g/mol. The third-order valence-electron chi connectivity index (χ3n) is 3.78. The molecule has 0 aliphatic rings. The number of nitrogens with two attached hydrogens (primary N) is 1. The predicted octanol–water partition coefficient (Wildman–Crippen LogP) is 1.27. The third-order valence-corrected chi connectivity index (χ3v) is 5.76. The molecular formula is C15H27N3O2S. The van der Waals surface area contributed by atoms with Gasteiger partial charge in [0.1, 0.15) is 0 Å². The van der Waals surface area contributed by atoms with Crippen molar-refractivity contribution in [3.8, 4) is 0 Å². The van der Waals surface area contributed by atoms with Gasteiger partial charge in [0.15, 0.2) is 0 Å². The average molecular weight is 313 g/mol. The van der Waals surface area contributed by atoms with Gasteiger partial charge < -0.3 is 11.1 Å². The van der Waals surface area contributed by atoms with Gasteiger partial charge in [-0.1, -0.05) is 32.0 Å². The van der Waals surface area contributed by atoms with Crippen molar-refractivity contribution in [2.75, 3.05) is 20.1 Å². The van der Waals surface area contributed by atoms with Gasteiger partial charge >= 0.3 is 0 Å². The average Bonchev–Trinajstić information content (AvgIpc) is 2.47. The van der Waals surface area contributed by atoms with E-state index in [0.29, 0.717) is 23.9 Å². The fourth-order valence-corrected chi connectivity index (χ4v) is 3.42. The van der Waals surface area contributed by atoms with E-state index in [1.54, 1.807) is 37.4 Å². The summed E-state index contributed by atoms with van der Waals surface area (Å²) < 4.78 is 26.4. The minimum Gasteiger partial charge on any atom is -0.329 e. The van der Waals surface area contributed by atoms with Crippen molar-refractivity contribution in [3.63, 3.8) is 0 Å². The Balaban J connectivity index is 2.72. The number of likely N-dealkylation sites (N-methyl/N-ethyl adjacent to an activating group) is 1. The highest BCUT2D eigenvalue weighted by molar-refractivity contribution is 7.89. The van der Waals surface area contributed by atoms with Crippen LogP contribution in [0.2, 0.25) is 0 Å². The number of nitrogens with one attached hydrogen (secondary N) is 1. The first-order chi connectivity index (χ1) is 9.80. The van der Waals surface area contributed by atoms with Crippen LogP contribution in [0.4, 0.5) is 0 Å². The SMILES string of the molecule is CC(C)[C@@H](CN)NC[C@@H](C)N(C)S(=O)(=O)c1ccccc1. The topological polar surface area (TPSA) is 75.4 Å². The van der Waals surface area contributed by atoms with E-state index >= 15 is 0 Å².